The number of aromatic nitrogens is 1. The molecule has 1 aromatic heterocycles. The molecule has 0 atom stereocenters. The maximum atomic E-state index is 5.44. The molecule has 3 heteroatoms. The van der Waals surface area contributed by atoms with Gasteiger partial charge in [0.1, 0.15) is 0 Å². The summed E-state index contributed by atoms with van der Waals surface area (Å²) in [5.41, 5.74) is 2.69. The quantitative estimate of drug-likeness (QED) is 0.773. The Kier molecular flexibility index (Phi) is 3.85. The highest BCUT2D eigenvalue weighted by atomic mass is 16.5. The third kappa shape index (κ3) is 3.17. The molecule has 1 fully saturated rings. The number of hydrogen-bond donors (Lipinski definition) is 1. The normalized spacial score (nSPS) is 15.2. The van der Waals surface area contributed by atoms with E-state index in [1.807, 2.05) is 6.92 Å². The fourth-order valence-electron chi connectivity index (χ4n) is 2.39. The Morgan fingerprint density at radius 3 is 3.00 bits per heavy atom. The van der Waals surface area contributed by atoms with Crippen molar-refractivity contribution in [2.45, 2.75) is 38.9 Å². The Labute approximate surface area is 114 Å². The maximum Gasteiger partial charge on any atom is 0.0645 e. The van der Waals surface area contributed by atoms with Gasteiger partial charge >= 0.3 is 0 Å². The van der Waals surface area contributed by atoms with Crippen LogP contribution in [0.3, 0.4) is 0 Å². The molecule has 1 aromatic carbocycles. The first-order chi connectivity index (χ1) is 9.36. The predicted octanol–water partition coefficient (Wildman–Crippen LogP) is 2.93. The van der Waals surface area contributed by atoms with E-state index in [2.05, 4.69) is 40.3 Å². The molecule has 2 aromatic rings. The summed E-state index contributed by atoms with van der Waals surface area (Å²) in [4.78, 5) is 0. The molecule has 0 spiro atoms. The molecule has 1 saturated carbocycles. The lowest BCUT2D eigenvalue weighted by atomic mass is 10.1. The van der Waals surface area contributed by atoms with E-state index in [0.717, 1.165) is 32.3 Å². The van der Waals surface area contributed by atoms with Crippen LogP contribution in [0.25, 0.3) is 10.9 Å². The number of rotatable bonds is 7. The second-order valence-corrected chi connectivity index (χ2v) is 5.25. The van der Waals surface area contributed by atoms with E-state index in [1.165, 1.54) is 29.3 Å². The number of nitrogens with zero attached hydrogens (tertiary/aromatic N) is 1. The molecule has 0 saturated heterocycles. The van der Waals surface area contributed by atoms with E-state index in [9.17, 15) is 0 Å². The molecule has 102 valence electrons. The van der Waals surface area contributed by atoms with E-state index in [0.29, 0.717) is 0 Å². The van der Waals surface area contributed by atoms with Crippen LogP contribution in [-0.2, 0) is 17.8 Å². The minimum atomic E-state index is 0.764. The van der Waals surface area contributed by atoms with Gasteiger partial charge in [-0.1, -0.05) is 12.1 Å². The zero-order chi connectivity index (χ0) is 13.1. The highest BCUT2D eigenvalue weighted by molar-refractivity contribution is 5.80. The fraction of sp³-hybridized carbons (Fsp3) is 0.500. The van der Waals surface area contributed by atoms with Crippen molar-refractivity contribution in [1.29, 1.82) is 0 Å². The molecule has 0 radical (unpaired) electrons. The summed E-state index contributed by atoms with van der Waals surface area (Å²) in [6.07, 6.45) is 4.84. The SMILES string of the molecule is CCOCCn1ccc2ccc(CNC3CC3)cc21. The highest BCUT2D eigenvalue weighted by Gasteiger charge is 2.19. The minimum absolute atomic E-state index is 0.764. The van der Waals surface area contributed by atoms with Gasteiger partial charge in [0.05, 0.1) is 6.61 Å². The summed E-state index contributed by atoms with van der Waals surface area (Å²) < 4.78 is 7.72. The minimum Gasteiger partial charge on any atom is -0.380 e. The molecule has 1 aliphatic rings. The van der Waals surface area contributed by atoms with Crippen LogP contribution in [-0.4, -0.2) is 23.8 Å². The van der Waals surface area contributed by atoms with Gasteiger partial charge in [-0.25, -0.2) is 0 Å². The van der Waals surface area contributed by atoms with Crippen molar-refractivity contribution in [2.24, 2.45) is 0 Å². The first-order valence-corrected chi connectivity index (χ1v) is 7.25. The number of nitrogens with one attached hydrogen (secondary N) is 1. The van der Waals surface area contributed by atoms with Crippen molar-refractivity contribution in [3.63, 3.8) is 0 Å². The van der Waals surface area contributed by atoms with E-state index >= 15 is 0 Å². The van der Waals surface area contributed by atoms with Gasteiger partial charge < -0.3 is 14.6 Å². The van der Waals surface area contributed by atoms with Crippen LogP contribution in [0.4, 0.5) is 0 Å². The first kappa shape index (κ1) is 12.7. The fourth-order valence-corrected chi connectivity index (χ4v) is 2.39. The van der Waals surface area contributed by atoms with Gasteiger partial charge in [0.2, 0.25) is 0 Å². The lowest BCUT2D eigenvalue weighted by molar-refractivity contribution is 0.140. The van der Waals surface area contributed by atoms with Gasteiger partial charge in [-0.2, -0.15) is 0 Å². The first-order valence-electron chi connectivity index (χ1n) is 7.25. The summed E-state index contributed by atoms with van der Waals surface area (Å²) in [7, 11) is 0. The molecule has 0 bridgehead atoms. The number of ether oxygens (including phenoxy) is 1. The average molecular weight is 258 g/mol. The Bertz CT molecular complexity index is 543. The molecule has 3 nitrogen and oxygen atoms in total. The Morgan fingerprint density at radius 1 is 1.32 bits per heavy atom. The standard InChI is InChI=1S/C16H22N2O/c1-2-19-10-9-18-8-7-14-4-3-13(11-16(14)18)12-17-15-5-6-15/h3-4,7-8,11,15,17H,2,5-6,9-10,12H2,1H3. The number of benzene rings is 1. The highest BCUT2D eigenvalue weighted by Crippen LogP contribution is 2.21. The third-order valence-corrected chi connectivity index (χ3v) is 3.69. The molecule has 0 unspecified atom stereocenters. The molecule has 1 heterocycles. The lowest BCUT2D eigenvalue weighted by Gasteiger charge is -2.08. The average Bonchev–Trinajstić information content (AvgIpc) is 3.18. The second-order valence-electron chi connectivity index (χ2n) is 5.25. The molecule has 19 heavy (non-hydrogen) atoms. The van der Waals surface area contributed by atoms with E-state index in [-0.39, 0.29) is 0 Å². The largest absolute Gasteiger partial charge is 0.380 e. The van der Waals surface area contributed by atoms with Crippen molar-refractivity contribution < 1.29 is 4.74 Å². The van der Waals surface area contributed by atoms with Crippen molar-refractivity contribution in [2.75, 3.05) is 13.2 Å². The Hall–Kier alpha value is -1.32. The molecular weight excluding hydrogens is 236 g/mol. The van der Waals surface area contributed by atoms with Gasteiger partial charge in [0.25, 0.3) is 0 Å². The van der Waals surface area contributed by atoms with Crippen LogP contribution in [0, 0.1) is 0 Å². The molecule has 0 aliphatic heterocycles. The predicted molar refractivity (Wildman–Crippen MR) is 78.3 cm³/mol. The van der Waals surface area contributed by atoms with Crippen molar-refractivity contribution in [1.82, 2.24) is 9.88 Å². The maximum absolute atomic E-state index is 5.44. The molecule has 1 aliphatic carbocycles. The Morgan fingerprint density at radius 2 is 2.21 bits per heavy atom. The summed E-state index contributed by atoms with van der Waals surface area (Å²) in [6, 6.07) is 9.69. The monoisotopic (exact) mass is 258 g/mol. The summed E-state index contributed by atoms with van der Waals surface area (Å²) in [5, 5.41) is 4.88. The molecule has 1 N–H and O–H groups in total. The van der Waals surface area contributed by atoms with Crippen LogP contribution in [0.2, 0.25) is 0 Å². The van der Waals surface area contributed by atoms with Crippen LogP contribution in [0.15, 0.2) is 30.5 Å². The second kappa shape index (κ2) is 5.76. The summed E-state index contributed by atoms with van der Waals surface area (Å²) in [6.45, 7) is 5.52. The zero-order valence-electron chi connectivity index (χ0n) is 11.6. The topological polar surface area (TPSA) is 26.2 Å². The molecular formula is C16H22N2O. The number of fused-ring (bicyclic) bond motifs is 1. The summed E-state index contributed by atoms with van der Waals surface area (Å²) in [5.74, 6) is 0. The van der Waals surface area contributed by atoms with Gasteiger partial charge in [-0.15, -0.1) is 0 Å². The third-order valence-electron chi connectivity index (χ3n) is 3.69. The van der Waals surface area contributed by atoms with Gasteiger partial charge in [0.15, 0.2) is 0 Å². The van der Waals surface area contributed by atoms with Gasteiger partial charge in [-0.05, 0) is 42.8 Å². The molecule has 3 rings (SSSR count). The van der Waals surface area contributed by atoms with E-state index in [4.69, 9.17) is 4.74 Å². The van der Waals surface area contributed by atoms with Crippen molar-refractivity contribution in [3.8, 4) is 0 Å². The van der Waals surface area contributed by atoms with Gasteiger partial charge in [-0.3, -0.25) is 0 Å². The zero-order valence-corrected chi connectivity index (χ0v) is 11.6. The van der Waals surface area contributed by atoms with Crippen LogP contribution < -0.4 is 5.32 Å². The van der Waals surface area contributed by atoms with Gasteiger partial charge in [0, 0.05) is 37.5 Å². The smallest absolute Gasteiger partial charge is 0.0645 e. The summed E-state index contributed by atoms with van der Waals surface area (Å²) >= 11 is 0. The van der Waals surface area contributed by atoms with Crippen LogP contribution >= 0.6 is 0 Å². The number of hydrogen-bond acceptors (Lipinski definition) is 2. The van der Waals surface area contributed by atoms with E-state index < -0.39 is 0 Å². The Balaban J connectivity index is 1.72. The van der Waals surface area contributed by atoms with Crippen LogP contribution in [0.1, 0.15) is 25.3 Å². The van der Waals surface area contributed by atoms with Crippen molar-refractivity contribution in [3.05, 3.63) is 36.0 Å². The van der Waals surface area contributed by atoms with Crippen molar-refractivity contribution >= 4 is 10.9 Å². The van der Waals surface area contributed by atoms with E-state index in [1.54, 1.807) is 0 Å². The lowest BCUT2D eigenvalue weighted by Crippen LogP contribution is -2.15. The van der Waals surface area contributed by atoms with Crippen LogP contribution in [0.5, 0.6) is 0 Å². The molecule has 0 amide bonds.